The van der Waals surface area contributed by atoms with Crippen LogP contribution in [0.2, 0.25) is 0 Å². The quantitative estimate of drug-likeness (QED) is 0.125. The second-order valence-electron chi connectivity index (χ2n) is 16.3. The minimum Gasteiger partial charge on any atom is -0.488 e. The number of Topliss-reactive ketones (excluding diaryl/α,β-unsaturated/α-hetero) is 1. The Morgan fingerprint density at radius 3 is 2.47 bits per heavy atom. The Kier molecular flexibility index (Phi) is 11.2. The average Bonchev–Trinajstić information content (AvgIpc) is 3.75. The van der Waals surface area contributed by atoms with Gasteiger partial charge in [-0.05, 0) is 87.3 Å². The van der Waals surface area contributed by atoms with Gasteiger partial charge in [0.15, 0.2) is 11.5 Å². The number of aromatic nitrogens is 1. The lowest BCUT2D eigenvalue weighted by Gasteiger charge is -2.29. The van der Waals surface area contributed by atoms with Crippen LogP contribution in [0.1, 0.15) is 68.1 Å². The molecule has 1 aromatic heterocycles. The van der Waals surface area contributed by atoms with E-state index in [0.29, 0.717) is 30.8 Å². The summed E-state index contributed by atoms with van der Waals surface area (Å²) in [6, 6.07) is 34.9. The largest absolute Gasteiger partial charge is 0.488 e. The number of carbonyl (C=O) groups excluding carboxylic acids is 3. The predicted octanol–water partition coefficient (Wildman–Crippen LogP) is 9.32. The number of para-hydroxylation sites is 1. The van der Waals surface area contributed by atoms with Gasteiger partial charge in [-0.2, -0.15) is 5.48 Å². The topological polar surface area (TPSA) is 97.8 Å². The molecule has 5 aromatic rings. The molecule has 0 radical (unpaired) electrons. The van der Waals surface area contributed by atoms with Crippen LogP contribution in [0.25, 0.3) is 22.2 Å². The molecule has 292 valence electrons. The van der Waals surface area contributed by atoms with E-state index < -0.39 is 17.6 Å². The zero-order chi connectivity index (χ0) is 39.4. The highest BCUT2D eigenvalue weighted by Crippen LogP contribution is 2.57. The highest BCUT2D eigenvalue weighted by atomic mass is 16.7. The van der Waals surface area contributed by atoms with Gasteiger partial charge >= 0.3 is 0 Å². The summed E-state index contributed by atoms with van der Waals surface area (Å²) in [6.45, 7) is 4.39. The third kappa shape index (κ3) is 8.65. The Hall–Kier alpha value is -5.76. The third-order valence-electron chi connectivity index (χ3n) is 12.0. The standard InChI is InChI=1S/C49H51N3O5/c1-33-15-14-16-35(25-33)27-37-19-8-4-3-5-11-20-38-30-49(38,48(55)51-57-39-21-12-7-13-22-39)31-45(53)44-28-40(32-52(44)47(37)54)56-46-29-42(36-17-9-6-10-18-36)50-43-26-34(2)23-24-41(43)46/h6-7,9-18,20-26,29,37-38,40,44H,3-5,8,19,27-28,30-32H2,1-2H3,(H,51,55)/b20-11-/t37-,38+,40-,44+,49-/m1/s1. The van der Waals surface area contributed by atoms with Gasteiger partial charge in [-0.25, -0.2) is 4.98 Å². The smallest absolute Gasteiger partial charge is 0.259 e. The molecular weight excluding hydrogens is 711 g/mol. The van der Waals surface area contributed by atoms with Gasteiger partial charge in [0.1, 0.15) is 11.9 Å². The summed E-state index contributed by atoms with van der Waals surface area (Å²) >= 11 is 0. The van der Waals surface area contributed by atoms with E-state index in [1.54, 1.807) is 17.0 Å². The molecule has 0 unspecified atom stereocenters. The van der Waals surface area contributed by atoms with Crippen LogP contribution in [-0.4, -0.2) is 46.2 Å². The van der Waals surface area contributed by atoms with E-state index in [4.69, 9.17) is 14.6 Å². The summed E-state index contributed by atoms with van der Waals surface area (Å²) < 4.78 is 6.90. The molecule has 8 nitrogen and oxygen atoms in total. The number of benzene rings is 4. The fourth-order valence-electron chi connectivity index (χ4n) is 8.79. The summed E-state index contributed by atoms with van der Waals surface area (Å²) in [5, 5.41) is 0.876. The normalized spacial score (nSPS) is 24.4. The molecule has 2 fully saturated rings. The van der Waals surface area contributed by atoms with Crippen molar-refractivity contribution in [1.29, 1.82) is 0 Å². The van der Waals surface area contributed by atoms with Crippen molar-refractivity contribution in [3.8, 4) is 22.8 Å². The van der Waals surface area contributed by atoms with Gasteiger partial charge in [0.2, 0.25) is 5.91 Å². The summed E-state index contributed by atoms with van der Waals surface area (Å²) in [5.41, 5.74) is 7.66. The monoisotopic (exact) mass is 761 g/mol. The minimum atomic E-state index is -0.957. The Labute approximate surface area is 335 Å². The van der Waals surface area contributed by atoms with Crippen LogP contribution in [0, 0.1) is 31.1 Å². The van der Waals surface area contributed by atoms with E-state index in [-0.39, 0.29) is 42.4 Å². The van der Waals surface area contributed by atoms with E-state index in [2.05, 4.69) is 48.8 Å². The van der Waals surface area contributed by atoms with Gasteiger partial charge in [-0.15, -0.1) is 0 Å². The molecule has 5 atom stereocenters. The number of nitrogens with zero attached hydrogens (tertiary/aromatic N) is 2. The van der Waals surface area contributed by atoms with E-state index in [1.807, 2.05) is 79.7 Å². The van der Waals surface area contributed by atoms with Gasteiger partial charge in [-0.3, -0.25) is 14.4 Å². The lowest BCUT2D eigenvalue weighted by Crippen LogP contribution is -2.46. The van der Waals surface area contributed by atoms with Crippen LogP contribution >= 0.6 is 0 Å². The van der Waals surface area contributed by atoms with Crippen LogP contribution in [0.3, 0.4) is 0 Å². The number of ketones is 1. The fourth-order valence-corrected chi connectivity index (χ4v) is 8.79. The van der Waals surface area contributed by atoms with Gasteiger partial charge in [0.05, 0.1) is 29.2 Å². The Bertz CT molecular complexity index is 2270. The number of hydrogen-bond donors (Lipinski definition) is 1. The molecule has 0 spiro atoms. The molecule has 8 rings (SSSR count). The Morgan fingerprint density at radius 1 is 0.877 bits per heavy atom. The number of allylic oxidation sites excluding steroid dienone is 2. The molecule has 1 N–H and O–H groups in total. The predicted molar refractivity (Wildman–Crippen MR) is 222 cm³/mol. The number of hydroxylamine groups is 1. The van der Waals surface area contributed by atoms with E-state index in [0.717, 1.165) is 71.0 Å². The number of amides is 2. The molecule has 1 saturated carbocycles. The maximum atomic E-state index is 14.9. The molecule has 0 bridgehead atoms. The Morgan fingerprint density at radius 2 is 1.67 bits per heavy atom. The van der Waals surface area contributed by atoms with Crippen molar-refractivity contribution in [3.63, 3.8) is 0 Å². The second kappa shape index (κ2) is 16.8. The molecule has 2 aliphatic heterocycles. The molecule has 8 heteroatoms. The number of pyridine rings is 1. The maximum absolute atomic E-state index is 14.9. The SMILES string of the molecule is Cc1cccc(C[C@H]2CCCCC/C=C\[C@H]3C[C@@]3(C(=O)NOc3ccccc3)CC(=O)[C@@H]3C[C@@H](Oc4cc(-c5ccccc5)nc5cc(C)ccc45)CN3C2=O)c1. The third-order valence-corrected chi connectivity index (χ3v) is 12.0. The summed E-state index contributed by atoms with van der Waals surface area (Å²) in [4.78, 5) is 56.2. The summed E-state index contributed by atoms with van der Waals surface area (Å²) in [5.74, 6) is 0.342. The van der Waals surface area contributed by atoms with Crippen LogP contribution in [0.15, 0.2) is 121 Å². The average molecular weight is 762 g/mol. The van der Waals surface area contributed by atoms with Crippen molar-refractivity contribution < 1.29 is 24.0 Å². The maximum Gasteiger partial charge on any atom is 0.259 e. The molecule has 4 aromatic carbocycles. The number of ether oxygens (including phenoxy) is 1. The zero-order valence-corrected chi connectivity index (χ0v) is 32.9. The zero-order valence-electron chi connectivity index (χ0n) is 32.9. The lowest BCUT2D eigenvalue weighted by atomic mass is 9.89. The number of aryl methyl sites for hydroxylation is 2. The summed E-state index contributed by atoms with van der Waals surface area (Å²) in [7, 11) is 0. The Balaban J connectivity index is 1.12. The highest BCUT2D eigenvalue weighted by molar-refractivity contribution is 5.97. The molecule has 1 saturated heterocycles. The van der Waals surface area contributed by atoms with Gasteiger partial charge in [-0.1, -0.05) is 109 Å². The highest BCUT2D eigenvalue weighted by Gasteiger charge is 2.61. The molecule has 57 heavy (non-hydrogen) atoms. The number of nitrogens with one attached hydrogen (secondary N) is 1. The van der Waals surface area contributed by atoms with Gasteiger partial charge in [0, 0.05) is 35.8 Å². The van der Waals surface area contributed by atoms with Crippen LogP contribution in [0.5, 0.6) is 11.5 Å². The number of rotatable bonds is 8. The molecule has 3 aliphatic rings. The number of hydrogen-bond acceptors (Lipinski definition) is 6. The fraction of sp³-hybridized carbons (Fsp3) is 0.347. The van der Waals surface area contributed by atoms with E-state index in [1.165, 1.54) is 0 Å². The van der Waals surface area contributed by atoms with Crippen molar-refractivity contribution in [2.75, 3.05) is 6.54 Å². The molecule has 3 heterocycles. The van der Waals surface area contributed by atoms with Gasteiger partial charge in [0.25, 0.3) is 5.91 Å². The first-order chi connectivity index (χ1) is 27.8. The van der Waals surface area contributed by atoms with Crippen molar-refractivity contribution >= 4 is 28.5 Å². The van der Waals surface area contributed by atoms with Crippen molar-refractivity contribution in [3.05, 3.63) is 138 Å². The van der Waals surface area contributed by atoms with Crippen LogP contribution in [0.4, 0.5) is 0 Å². The molecular formula is C49H51N3O5. The minimum absolute atomic E-state index is 0.00528. The van der Waals surface area contributed by atoms with Crippen molar-refractivity contribution in [2.24, 2.45) is 17.3 Å². The van der Waals surface area contributed by atoms with Crippen LogP contribution < -0.4 is 15.1 Å². The molecule has 2 amide bonds. The first-order valence-corrected chi connectivity index (χ1v) is 20.5. The second-order valence-corrected chi connectivity index (χ2v) is 16.3. The first-order valence-electron chi connectivity index (χ1n) is 20.5. The van der Waals surface area contributed by atoms with Crippen molar-refractivity contribution in [2.45, 2.75) is 83.8 Å². The van der Waals surface area contributed by atoms with Crippen LogP contribution in [-0.2, 0) is 20.8 Å². The lowest BCUT2D eigenvalue weighted by molar-refractivity contribution is -0.143. The van der Waals surface area contributed by atoms with E-state index in [9.17, 15) is 14.4 Å². The number of fused-ring (bicyclic) bond motifs is 3. The van der Waals surface area contributed by atoms with E-state index >= 15 is 0 Å². The molecule has 1 aliphatic carbocycles. The summed E-state index contributed by atoms with van der Waals surface area (Å²) in [6.07, 6.45) is 9.84. The van der Waals surface area contributed by atoms with Gasteiger partial charge < -0.3 is 14.5 Å². The van der Waals surface area contributed by atoms with Crippen molar-refractivity contribution in [1.82, 2.24) is 15.4 Å². The number of carbonyl (C=O) groups is 3. The first kappa shape index (κ1) is 38.1.